The molecular weight excluding hydrogens is 614 g/mol. The molecule has 0 aromatic heterocycles. The van der Waals surface area contributed by atoms with Gasteiger partial charge in [0.1, 0.15) is 5.75 Å². The first-order valence-electron chi connectivity index (χ1n) is 17.3. The Balaban J connectivity index is 0.874. The van der Waals surface area contributed by atoms with Crippen molar-refractivity contribution < 1.29 is 23.8 Å². The van der Waals surface area contributed by atoms with Gasteiger partial charge >= 0.3 is 0 Å². The number of hydrogen-bond acceptors (Lipinski definition) is 6. The number of amides is 2. The molecule has 4 aromatic rings. The molecule has 4 aliphatic rings. The molecule has 4 aliphatic carbocycles. The number of anilines is 1. The molecule has 8 heteroatoms. The van der Waals surface area contributed by atoms with Gasteiger partial charge in [-0.05, 0) is 133 Å². The number of benzene rings is 4. The predicted molar refractivity (Wildman–Crippen MR) is 191 cm³/mol. The van der Waals surface area contributed by atoms with Crippen molar-refractivity contribution in [1.29, 1.82) is 0 Å². The van der Waals surface area contributed by atoms with Crippen LogP contribution in [0.5, 0.6) is 17.2 Å². The van der Waals surface area contributed by atoms with Crippen molar-refractivity contribution in [2.24, 2.45) is 22.9 Å². The summed E-state index contributed by atoms with van der Waals surface area (Å²) in [5.41, 5.74) is 7.90. The van der Waals surface area contributed by atoms with Crippen LogP contribution < -0.4 is 25.0 Å². The van der Waals surface area contributed by atoms with Gasteiger partial charge in [-0.3, -0.25) is 9.59 Å². The lowest BCUT2D eigenvalue weighted by atomic mass is 9.48. The van der Waals surface area contributed by atoms with E-state index in [1.54, 1.807) is 18.2 Å². The maximum absolute atomic E-state index is 12.8. The summed E-state index contributed by atoms with van der Waals surface area (Å²) < 4.78 is 17.2. The zero-order valence-corrected chi connectivity index (χ0v) is 27.9. The van der Waals surface area contributed by atoms with E-state index in [0.717, 1.165) is 34.6 Å². The molecule has 4 saturated carbocycles. The first-order chi connectivity index (χ1) is 23.9. The monoisotopic (exact) mass is 657 g/mol. The molecule has 2 amide bonds. The highest BCUT2D eigenvalue weighted by atomic mass is 16.5. The second kappa shape index (κ2) is 14.6. The van der Waals surface area contributed by atoms with Crippen LogP contribution in [0.4, 0.5) is 5.69 Å². The number of ether oxygens (including phenoxy) is 3. The molecule has 0 radical (unpaired) electrons. The highest BCUT2D eigenvalue weighted by Crippen LogP contribution is 2.60. The Labute approximate surface area is 287 Å². The van der Waals surface area contributed by atoms with Crippen LogP contribution in [0.25, 0.3) is 11.1 Å². The Morgan fingerprint density at radius 1 is 0.735 bits per heavy atom. The molecule has 252 valence electrons. The molecule has 0 spiro atoms. The molecule has 0 atom stereocenters. The maximum Gasteiger partial charge on any atom is 0.277 e. The first kappa shape index (κ1) is 32.4. The third-order valence-electron chi connectivity index (χ3n) is 10.2. The fourth-order valence-corrected chi connectivity index (χ4v) is 8.44. The van der Waals surface area contributed by atoms with Gasteiger partial charge in [0.15, 0.2) is 24.7 Å². The van der Waals surface area contributed by atoms with Gasteiger partial charge in [0.05, 0.1) is 12.8 Å². The number of rotatable bonds is 13. The summed E-state index contributed by atoms with van der Waals surface area (Å²) in [4.78, 5) is 25.1. The van der Waals surface area contributed by atoms with Crippen molar-refractivity contribution in [1.82, 2.24) is 5.43 Å². The molecule has 0 heterocycles. The van der Waals surface area contributed by atoms with Crippen LogP contribution in [-0.4, -0.2) is 37.8 Å². The smallest absolute Gasteiger partial charge is 0.277 e. The number of carbonyl (C=O) groups is 2. The summed E-state index contributed by atoms with van der Waals surface area (Å²) >= 11 is 0. The molecular formula is C41H43N3O5. The van der Waals surface area contributed by atoms with E-state index in [2.05, 4.69) is 28.0 Å². The van der Waals surface area contributed by atoms with E-state index in [1.807, 2.05) is 73.7 Å². The molecule has 8 rings (SSSR count). The van der Waals surface area contributed by atoms with Crippen molar-refractivity contribution >= 4 is 23.7 Å². The van der Waals surface area contributed by atoms with E-state index in [-0.39, 0.29) is 25.0 Å². The largest absolute Gasteiger partial charge is 0.490 e. The number of hydrogen-bond donors (Lipinski definition) is 2. The van der Waals surface area contributed by atoms with E-state index in [4.69, 9.17) is 14.2 Å². The van der Waals surface area contributed by atoms with Crippen molar-refractivity contribution in [2.45, 2.75) is 50.9 Å². The summed E-state index contributed by atoms with van der Waals surface area (Å²) in [5.74, 6) is 3.57. The van der Waals surface area contributed by atoms with Gasteiger partial charge < -0.3 is 19.5 Å². The standard InChI is InChI=1S/C41H43N3O5/c1-2-47-38-21-28(25-42-44-40(46)27-48-36-15-9-33(10-16-36)32-6-4-3-5-7-32)8-17-37(38)49-26-39(45)43-35-13-11-34(12-14-35)41-22-29-18-30(23-41)20-31(19-29)24-41/h3-17,21,25,29-31H,2,18-20,22-24,26-27H2,1H3,(H,43,45)(H,44,46)/b42-25+. The van der Waals surface area contributed by atoms with Crippen LogP contribution in [-0.2, 0) is 15.0 Å². The van der Waals surface area contributed by atoms with Crippen molar-refractivity contribution in [3.05, 3.63) is 108 Å². The fourth-order valence-electron chi connectivity index (χ4n) is 8.44. The van der Waals surface area contributed by atoms with Crippen LogP contribution in [0.15, 0.2) is 102 Å². The van der Waals surface area contributed by atoms with Crippen molar-refractivity contribution in [2.75, 3.05) is 25.1 Å². The Hall–Kier alpha value is -5.11. The summed E-state index contributed by atoms with van der Waals surface area (Å²) in [6.45, 7) is 1.96. The first-order valence-corrected chi connectivity index (χ1v) is 17.3. The molecule has 2 N–H and O–H groups in total. The highest BCUT2D eigenvalue weighted by Gasteiger charge is 2.51. The van der Waals surface area contributed by atoms with Crippen LogP contribution >= 0.6 is 0 Å². The molecule has 8 nitrogen and oxygen atoms in total. The second-order valence-electron chi connectivity index (χ2n) is 13.7. The van der Waals surface area contributed by atoms with Crippen LogP contribution in [0.2, 0.25) is 0 Å². The minimum absolute atomic E-state index is 0.157. The lowest BCUT2D eigenvalue weighted by Gasteiger charge is -2.57. The third-order valence-corrected chi connectivity index (χ3v) is 10.2. The quantitative estimate of drug-likeness (QED) is 0.113. The minimum Gasteiger partial charge on any atom is -0.490 e. The number of hydrazone groups is 1. The zero-order chi connectivity index (χ0) is 33.6. The molecule has 4 bridgehead atoms. The van der Waals surface area contributed by atoms with Gasteiger partial charge in [0.25, 0.3) is 11.8 Å². The highest BCUT2D eigenvalue weighted by molar-refractivity contribution is 5.92. The van der Waals surface area contributed by atoms with E-state index in [0.29, 0.717) is 34.8 Å². The van der Waals surface area contributed by atoms with Gasteiger partial charge in [0.2, 0.25) is 0 Å². The summed E-state index contributed by atoms with van der Waals surface area (Å²) in [7, 11) is 0. The summed E-state index contributed by atoms with van der Waals surface area (Å²) in [5, 5.41) is 7.02. The molecule has 0 aliphatic heterocycles. The Kier molecular flexibility index (Phi) is 9.64. The van der Waals surface area contributed by atoms with E-state index in [1.165, 1.54) is 50.3 Å². The molecule has 0 saturated heterocycles. The van der Waals surface area contributed by atoms with Crippen LogP contribution in [0, 0.1) is 17.8 Å². The predicted octanol–water partition coefficient (Wildman–Crippen LogP) is 7.77. The molecule has 4 fully saturated rings. The average molecular weight is 658 g/mol. The van der Waals surface area contributed by atoms with Gasteiger partial charge in [-0.1, -0.05) is 54.6 Å². The number of carbonyl (C=O) groups excluding carboxylic acids is 2. The number of nitrogens with zero attached hydrogens (tertiary/aromatic N) is 1. The number of nitrogens with one attached hydrogen (secondary N) is 2. The fraction of sp³-hybridized carbons (Fsp3) is 0.341. The topological polar surface area (TPSA) is 98.2 Å². The molecule has 0 unspecified atom stereocenters. The van der Waals surface area contributed by atoms with Crippen molar-refractivity contribution in [3.8, 4) is 28.4 Å². The zero-order valence-electron chi connectivity index (χ0n) is 27.9. The van der Waals surface area contributed by atoms with E-state index < -0.39 is 0 Å². The molecule has 49 heavy (non-hydrogen) atoms. The Bertz CT molecular complexity index is 1750. The summed E-state index contributed by atoms with van der Waals surface area (Å²) in [6, 6.07) is 31.4. The third kappa shape index (κ3) is 7.80. The lowest BCUT2D eigenvalue weighted by molar-refractivity contribution is -0.123. The minimum atomic E-state index is -0.387. The van der Waals surface area contributed by atoms with Gasteiger partial charge in [-0.25, -0.2) is 5.43 Å². The van der Waals surface area contributed by atoms with E-state index in [9.17, 15) is 9.59 Å². The summed E-state index contributed by atoms with van der Waals surface area (Å²) in [6.07, 6.45) is 9.75. The normalized spacial score (nSPS) is 22.1. The van der Waals surface area contributed by atoms with Crippen LogP contribution in [0.3, 0.4) is 0 Å². The molecule has 4 aromatic carbocycles. The van der Waals surface area contributed by atoms with Gasteiger partial charge in [-0.15, -0.1) is 0 Å². The van der Waals surface area contributed by atoms with E-state index >= 15 is 0 Å². The van der Waals surface area contributed by atoms with Crippen molar-refractivity contribution in [3.63, 3.8) is 0 Å². The maximum atomic E-state index is 12.8. The Morgan fingerprint density at radius 2 is 1.39 bits per heavy atom. The van der Waals surface area contributed by atoms with Gasteiger partial charge in [0, 0.05) is 5.69 Å². The Morgan fingerprint density at radius 3 is 2.06 bits per heavy atom. The SMILES string of the molecule is CCOc1cc(/C=N/NC(=O)COc2ccc(-c3ccccc3)cc2)ccc1OCC(=O)Nc1ccc(C23CC4CC(CC(C4)C2)C3)cc1. The average Bonchev–Trinajstić information content (AvgIpc) is 3.11. The van der Waals surface area contributed by atoms with Crippen LogP contribution in [0.1, 0.15) is 56.6 Å². The van der Waals surface area contributed by atoms with Gasteiger partial charge in [-0.2, -0.15) is 5.10 Å². The lowest BCUT2D eigenvalue weighted by Crippen LogP contribution is -2.48. The second-order valence-corrected chi connectivity index (χ2v) is 13.7.